The van der Waals surface area contributed by atoms with Crippen LogP contribution >= 0.6 is 22.6 Å². The Balaban J connectivity index is 3.23. The van der Waals surface area contributed by atoms with Gasteiger partial charge < -0.3 is 10.5 Å². The van der Waals surface area contributed by atoms with Crippen molar-refractivity contribution in [3.63, 3.8) is 0 Å². The van der Waals surface area contributed by atoms with Gasteiger partial charge in [0.15, 0.2) is 0 Å². The minimum Gasteiger partial charge on any atom is -0.397 e. The molecule has 1 aromatic rings. The van der Waals surface area contributed by atoms with E-state index >= 15 is 0 Å². The van der Waals surface area contributed by atoms with Crippen molar-refractivity contribution in [1.29, 1.82) is 5.26 Å². The molecular formula is C7H3F3IN3O. The largest absolute Gasteiger partial charge is 0.574 e. The SMILES string of the molecule is N#Cc1c(N)cc(I)nc1OC(F)(F)F. The van der Waals surface area contributed by atoms with Gasteiger partial charge in [-0.2, -0.15) is 5.26 Å². The summed E-state index contributed by atoms with van der Waals surface area (Å²) in [6.45, 7) is 0. The molecule has 1 heterocycles. The number of pyridine rings is 1. The van der Waals surface area contributed by atoms with Gasteiger partial charge in [0, 0.05) is 0 Å². The number of nitrogen functional groups attached to an aromatic ring is 1. The number of rotatable bonds is 1. The number of nitriles is 1. The van der Waals surface area contributed by atoms with Gasteiger partial charge in [-0.1, -0.05) is 0 Å². The predicted octanol–water partition coefficient (Wildman–Crippen LogP) is 2.04. The molecule has 0 unspecified atom stereocenters. The average molecular weight is 329 g/mol. The lowest BCUT2D eigenvalue weighted by atomic mass is 10.2. The number of aromatic nitrogens is 1. The minimum atomic E-state index is -4.89. The predicted molar refractivity (Wildman–Crippen MR) is 52.8 cm³/mol. The van der Waals surface area contributed by atoms with Crippen molar-refractivity contribution in [3.8, 4) is 11.9 Å². The molecule has 0 saturated heterocycles. The summed E-state index contributed by atoms with van der Waals surface area (Å²) in [5.74, 6) is -0.825. The Morgan fingerprint density at radius 2 is 2.13 bits per heavy atom. The molecule has 8 heteroatoms. The lowest BCUT2D eigenvalue weighted by Crippen LogP contribution is -2.19. The van der Waals surface area contributed by atoms with Crippen molar-refractivity contribution in [2.75, 3.05) is 5.73 Å². The van der Waals surface area contributed by atoms with Crippen molar-refractivity contribution in [2.24, 2.45) is 0 Å². The summed E-state index contributed by atoms with van der Waals surface area (Å²) in [4.78, 5) is 3.43. The molecule has 15 heavy (non-hydrogen) atoms. The Morgan fingerprint density at radius 1 is 1.53 bits per heavy atom. The summed E-state index contributed by atoms with van der Waals surface area (Å²) in [7, 11) is 0. The van der Waals surface area contributed by atoms with Gasteiger partial charge in [-0.15, -0.1) is 13.2 Å². The molecule has 1 aromatic heterocycles. The van der Waals surface area contributed by atoms with Gasteiger partial charge in [-0.3, -0.25) is 0 Å². The van der Waals surface area contributed by atoms with Gasteiger partial charge in [0.1, 0.15) is 15.3 Å². The van der Waals surface area contributed by atoms with E-state index in [0.29, 0.717) is 0 Å². The van der Waals surface area contributed by atoms with Crippen LogP contribution in [-0.2, 0) is 0 Å². The Morgan fingerprint density at radius 3 is 2.60 bits per heavy atom. The minimum absolute atomic E-state index is 0.101. The molecular weight excluding hydrogens is 326 g/mol. The van der Waals surface area contributed by atoms with E-state index in [1.165, 1.54) is 12.1 Å². The highest BCUT2D eigenvalue weighted by Gasteiger charge is 2.33. The van der Waals surface area contributed by atoms with Crippen LogP contribution in [0.15, 0.2) is 6.07 Å². The molecule has 0 spiro atoms. The standard InChI is InChI=1S/C7H3F3IN3O/c8-7(9,10)15-6-3(2-12)4(13)1-5(11)14-6/h1H,(H2,13,14). The fourth-order valence-corrected chi connectivity index (χ4v) is 1.36. The van der Waals surface area contributed by atoms with Crippen molar-refractivity contribution >= 4 is 28.3 Å². The van der Waals surface area contributed by atoms with Crippen LogP contribution in [0.5, 0.6) is 5.88 Å². The van der Waals surface area contributed by atoms with E-state index < -0.39 is 17.8 Å². The zero-order valence-electron chi connectivity index (χ0n) is 6.97. The van der Waals surface area contributed by atoms with Gasteiger partial charge >= 0.3 is 6.36 Å². The Bertz CT molecular complexity index is 427. The van der Waals surface area contributed by atoms with Gasteiger partial charge in [-0.25, -0.2) is 4.98 Å². The summed E-state index contributed by atoms with van der Waals surface area (Å²) in [5, 5.41) is 8.57. The molecule has 0 saturated carbocycles. The lowest BCUT2D eigenvalue weighted by molar-refractivity contribution is -0.276. The Hall–Kier alpha value is -1.24. The van der Waals surface area contributed by atoms with Gasteiger partial charge in [-0.05, 0) is 28.7 Å². The van der Waals surface area contributed by atoms with Crippen LogP contribution in [0.25, 0.3) is 0 Å². The third kappa shape index (κ3) is 3.12. The van der Waals surface area contributed by atoms with Crippen LogP contribution in [0.4, 0.5) is 18.9 Å². The first-order valence-corrected chi connectivity index (χ1v) is 4.53. The summed E-state index contributed by atoms with van der Waals surface area (Å²) in [6.07, 6.45) is -4.89. The summed E-state index contributed by atoms with van der Waals surface area (Å²) in [6, 6.07) is 2.78. The average Bonchev–Trinajstić information content (AvgIpc) is 1.99. The number of hydrogen-bond acceptors (Lipinski definition) is 4. The summed E-state index contributed by atoms with van der Waals surface area (Å²) >= 11 is 1.67. The Labute approximate surface area is 96.0 Å². The van der Waals surface area contributed by atoms with Gasteiger partial charge in [0.2, 0.25) is 5.88 Å². The van der Waals surface area contributed by atoms with Crippen molar-refractivity contribution in [2.45, 2.75) is 6.36 Å². The summed E-state index contributed by atoms with van der Waals surface area (Å²) < 4.78 is 39.5. The first-order valence-electron chi connectivity index (χ1n) is 3.45. The number of ether oxygens (including phenoxy) is 1. The topological polar surface area (TPSA) is 71.9 Å². The van der Waals surface area contributed by atoms with E-state index in [9.17, 15) is 13.2 Å². The molecule has 4 nitrogen and oxygen atoms in total. The summed E-state index contributed by atoms with van der Waals surface area (Å²) in [5.41, 5.74) is 4.81. The van der Waals surface area contributed by atoms with Crippen LogP contribution in [0, 0.1) is 15.0 Å². The van der Waals surface area contributed by atoms with Gasteiger partial charge in [0.25, 0.3) is 0 Å². The normalized spacial score (nSPS) is 10.9. The van der Waals surface area contributed by atoms with Crippen LogP contribution in [0.3, 0.4) is 0 Å². The van der Waals surface area contributed by atoms with Crippen molar-refractivity contribution in [1.82, 2.24) is 4.98 Å². The molecule has 0 radical (unpaired) electrons. The first-order chi connectivity index (χ1) is 6.83. The number of hydrogen-bond donors (Lipinski definition) is 1. The number of nitrogens with two attached hydrogens (primary N) is 1. The van der Waals surface area contributed by atoms with E-state index in [1.54, 1.807) is 22.6 Å². The number of anilines is 1. The van der Waals surface area contributed by atoms with Crippen molar-refractivity contribution in [3.05, 3.63) is 15.3 Å². The van der Waals surface area contributed by atoms with Gasteiger partial charge in [0.05, 0.1) is 5.69 Å². The highest BCUT2D eigenvalue weighted by molar-refractivity contribution is 14.1. The second kappa shape index (κ2) is 4.09. The molecule has 1 rings (SSSR count). The molecule has 0 bridgehead atoms. The Kier molecular flexibility index (Phi) is 3.23. The zero-order chi connectivity index (χ0) is 11.6. The highest BCUT2D eigenvalue weighted by atomic mass is 127. The molecule has 0 aromatic carbocycles. The van der Waals surface area contributed by atoms with E-state index in [2.05, 4.69) is 9.72 Å². The molecule has 0 aliphatic heterocycles. The first kappa shape index (κ1) is 11.8. The van der Waals surface area contributed by atoms with Crippen LogP contribution in [0.2, 0.25) is 0 Å². The fraction of sp³-hybridized carbons (Fsp3) is 0.143. The molecule has 0 amide bonds. The number of alkyl halides is 3. The molecule has 0 fully saturated rings. The van der Waals surface area contributed by atoms with Crippen molar-refractivity contribution < 1.29 is 17.9 Å². The smallest absolute Gasteiger partial charge is 0.397 e. The maximum Gasteiger partial charge on any atom is 0.574 e. The third-order valence-electron chi connectivity index (χ3n) is 1.31. The molecule has 0 aliphatic carbocycles. The third-order valence-corrected chi connectivity index (χ3v) is 1.86. The second-order valence-electron chi connectivity index (χ2n) is 2.37. The van der Waals surface area contributed by atoms with E-state index in [0.717, 1.165) is 0 Å². The maximum absolute atomic E-state index is 11.9. The molecule has 0 aliphatic rings. The van der Waals surface area contributed by atoms with Crippen LogP contribution in [-0.4, -0.2) is 11.3 Å². The van der Waals surface area contributed by atoms with Crippen LogP contribution < -0.4 is 10.5 Å². The molecule has 2 N–H and O–H groups in total. The quantitative estimate of drug-likeness (QED) is 0.632. The molecule has 0 atom stereocenters. The second-order valence-corrected chi connectivity index (χ2v) is 3.48. The zero-order valence-corrected chi connectivity index (χ0v) is 9.13. The number of nitrogens with zero attached hydrogens (tertiary/aromatic N) is 2. The van der Waals surface area contributed by atoms with Crippen LogP contribution in [0.1, 0.15) is 5.56 Å². The van der Waals surface area contributed by atoms with E-state index in [-0.39, 0.29) is 9.39 Å². The monoisotopic (exact) mass is 329 g/mol. The van der Waals surface area contributed by atoms with E-state index in [1.807, 2.05) is 0 Å². The van der Waals surface area contributed by atoms with E-state index in [4.69, 9.17) is 11.0 Å². The molecule has 80 valence electrons. The highest BCUT2D eigenvalue weighted by Crippen LogP contribution is 2.28. The lowest BCUT2D eigenvalue weighted by Gasteiger charge is -2.10. The maximum atomic E-state index is 11.9. The fourth-order valence-electron chi connectivity index (χ4n) is 0.805. The number of halogens is 4.